The molecule has 0 N–H and O–H groups in total. The van der Waals surface area contributed by atoms with E-state index >= 15 is 0 Å². The second kappa shape index (κ2) is 11.0. The molecule has 0 aromatic heterocycles. The van der Waals surface area contributed by atoms with E-state index in [1.807, 2.05) is 13.8 Å². The Hall–Kier alpha value is -1.04. The highest BCUT2D eigenvalue weighted by Crippen LogP contribution is 1.92. The number of hydrogen-bond donors (Lipinski definition) is 0. The highest BCUT2D eigenvalue weighted by Gasteiger charge is 1.71. The number of allylic oxidation sites excluding steroid dienone is 8. The lowest BCUT2D eigenvalue weighted by molar-refractivity contribution is 1.27. The van der Waals surface area contributed by atoms with Crippen LogP contribution >= 0.6 is 0 Å². The molecule has 0 amide bonds. The third-order valence-electron chi connectivity index (χ3n) is 1.62. The highest BCUT2D eigenvalue weighted by molar-refractivity contribution is 4.98. The minimum Gasteiger partial charge on any atom is -0.0914 e. The van der Waals surface area contributed by atoms with Gasteiger partial charge in [-0.1, -0.05) is 48.6 Å². The molecule has 0 aliphatic rings. The van der Waals surface area contributed by atoms with Crippen LogP contribution in [-0.4, -0.2) is 0 Å². The van der Waals surface area contributed by atoms with E-state index in [9.17, 15) is 0 Å². The van der Waals surface area contributed by atoms with Crippen molar-refractivity contribution in [3.8, 4) is 0 Å². The molecule has 0 heterocycles. The van der Waals surface area contributed by atoms with Gasteiger partial charge in [-0.15, -0.1) is 0 Å². The average molecular weight is 176 g/mol. The minimum absolute atomic E-state index is 1.05. The first kappa shape index (κ1) is 12.0. The summed E-state index contributed by atoms with van der Waals surface area (Å²) in [4.78, 5) is 0. The predicted octanol–water partition coefficient (Wildman–Crippen LogP) is 4.42. The zero-order valence-corrected chi connectivity index (χ0v) is 8.74. The van der Waals surface area contributed by atoms with E-state index in [1.54, 1.807) is 0 Å². The molecule has 72 valence electrons. The van der Waals surface area contributed by atoms with Gasteiger partial charge in [0.25, 0.3) is 0 Å². The van der Waals surface area contributed by atoms with Gasteiger partial charge in [0.1, 0.15) is 0 Å². The lowest BCUT2D eigenvalue weighted by atomic mass is 10.2. The van der Waals surface area contributed by atoms with E-state index in [1.165, 1.54) is 0 Å². The van der Waals surface area contributed by atoms with E-state index in [2.05, 4.69) is 48.6 Å². The summed E-state index contributed by atoms with van der Waals surface area (Å²) < 4.78 is 0. The molecule has 0 aromatic rings. The van der Waals surface area contributed by atoms with Crippen LogP contribution in [0.5, 0.6) is 0 Å². The van der Waals surface area contributed by atoms with Gasteiger partial charge in [-0.05, 0) is 33.1 Å². The van der Waals surface area contributed by atoms with Crippen LogP contribution < -0.4 is 0 Å². The quantitative estimate of drug-likeness (QED) is 0.525. The van der Waals surface area contributed by atoms with Crippen molar-refractivity contribution >= 4 is 0 Å². The molecule has 0 radical (unpaired) electrons. The van der Waals surface area contributed by atoms with Crippen LogP contribution in [0.25, 0.3) is 0 Å². The van der Waals surface area contributed by atoms with E-state index in [0.717, 1.165) is 19.3 Å². The Labute approximate surface area is 82.4 Å². The molecule has 0 bridgehead atoms. The molecule has 0 saturated heterocycles. The van der Waals surface area contributed by atoms with Gasteiger partial charge in [-0.25, -0.2) is 0 Å². The van der Waals surface area contributed by atoms with Gasteiger partial charge in [-0.2, -0.15) is 0 Å². The van der Waals surface area contributed by atoms with Crippen LogP contribution in [0.1, 0.15) is 33.1 Å². The fraction of sp³-hybridized carbons (Fsp3) is 0.385. The normalized spacial score (nSPS) is 13.1. The number of rotatable bonds is 6. The summed E-state index contributed by atoms with van der Waals surface area (Å²) in [5.41, 5.74) is 0. The van der Waals surface area contributed by atoms with Crippen molar-refractivity contribution < 1.29 is 0 Å². The lowest BCUT2D eigenvalue weighted by Crippen LogP contribution is -1.61. The maximum Gasteiger partial charge on any atom is -0.0169 e. The third kappa shape index (κ3) is 11.0. The molecule has 0 rings (SSSR count). The smallest absolute Gasteiger partial charge is 0.0169 e. The molecule has 0 fully saturated rings. The fourth-order valence-corrected chi connectivity index (χ4v) is 0.893. The molecular weight excluding hydrogens is 156 g/mol. The van der Waals surface area contributed by atoms with Crippen LogP contribution in [0, 0.1) is 0 Å². The molecular formula is C13H20. The van der Waals surface area contributed by atoms with Crippen molar-refractivity contribution in [2.24, 2.45) is 0 Å². The molecule has 0 aliphatic carbocycles. The van der Waals surface area contributed by atoms with Crippen LogP contribution in [0.2, 0.25) is 0 Å². The van der Waals surface area contributed by atoms with E-state index in [-0.39, 0.29) is 0 Å². The Morgan fingerprint density at radius 2 is 0.846 bits per heavy atom. The summed E-state index contributed by atoms with van der Waals surface area (Å²) in [5.74, 6) is 0. The maximum absolute atomic E-state index is 2.20. The summed E-state index contributed by atoms with van der Waals surface area (Å²) in [6.45, 7) is 4.09. The molecule has 0 aliphatic heterocycles. The van der Waals surface area contributed by atoms with Gasteiger partial charge in [0, 0.05) is 0 Å². The maximum atomic E-state index is 2.20. The minimum atomic E-state index is 1.05. The summed E-state index contributed by atoms with van der Waals surface area (Å²) >= 11 is 0. The Morgan fingerprint density at radius 3 is 1.15 bits per heavy atom. The van der Waals surface area contributed by atoms with Gasteiger partial charge < -0.3 is 0 Å². The molecule has 0 heteroatoms. The molecule has 13 heavy (non-hydrogen) atoms. The largest absolute Gasteiger partial charge is 0.0914 e. The monoisotopic (exact) mass is 176 g/mol. The van der Waals surface area contributed by atoms with Gasteiger partial charge in [0.05, 0.1) is 0 Å². The number of hydrogen-bond acceptors (Lipinski definition) is 0. The van der Waals surface area contributed by atoms with Gasteiger partial charge in [0.15, 0.2) is 0 Å². The summed E-state index contributed by atoms with van der Waals surface area (Å²) in [7, 11) is 0. The van der Waals surface area contributed by atoms with Crippen molar-refractivity contribution in [3.05, 3.63) is 48.6 Å². The van der Waals surface area contributed by atoms with Crippen LogP contribution in [0.15, 0.2) is 48.6 Å². The molecule has 0 aromatic carbocycles. The van der Waals surface area contributed by atoms with E-state index in [4.69, 9.17) is 0 Å². The average Bonchev–Trinajstić information content (AvgIpc) is 2.16. The topological polar surface area (TPSA) is 0 Å². The van der Waals surface area contributed by atoms with Crippen molar-refractivity contribution in [2.75, 3.05) is 0 Å². The van der Waals surface area contributed by atoms with Gasteiger partial charge in [0.2, 0.25) is 0 Å². The summed E-state index contributed by atoms with van der Waals surface area (Å²) in [5, 5.41) is 0. The summed E-state index contributed by atoms with van der Waals surface area (Å²) in [6.07, 6.45) is 20.4. The molecule has 0 atom stereocenters. The fourth-order valence-electron chi connectivity index (χ4n) is 0.893. The van der Waals surface area contributed by atoms with Crippen LogP contribution in [-0.2, 0) is 0 Å². The zero-order valence-electron chi connectivity index (χ0n) is 8.74. The standard InChI is InChI=1S/C13H20/c1-3-5-7-9-11-13-12-10-8-6-4-2/h3-6,9-12H,7-8,13H2,1-2H3. The Balaban J connectivity index is 3.32. The van der Waals surface area contributed by atoms with Crippen molar-refractivity contribution in [1.29, 1.82) is 0 Å². The Kier molecular flexibility index (Phi) is 10.1. The SMILES string of the molecule is CC=CCC=CCC=CCC=CC. The highest BCUT2D eigenvalue weighted by atomic mass is 13.8. The predicted molar refractivity (Wildman–Crippen MR) is 61.8 cm³/mol. The Morgan fingerprint density at radius 1 is 0.538 bits per heavy atom. The molecule has 0 saturated carbocycles. The van der Waals surface area contributed by atoms with E-state index < -0.39 is 0 Å². The molecule has 0 nitrogen and oxygen atoms in total. The Bertz CT molecular complexity index is 170. The first-order valence-corrected chi connectivity index (χ1v) is 4.94. The first-order valence-electron chi connectivity index (χ1n) is 4.94. The van der Waals surface area contributed by atoms with Crippen molar-refractivity contribution in [1.82, 2.24) is 0 Å². The second-order valence-electron chi connectivity index (χ2n) is 2.79. The molecule has 0 spiro atoms. The van der Waals surface area contributed by atoms with Crippen LogP contribution in [0.4, 0.5) is 0 Å². The third-order valence-corrected chi connectivity index (χ3v) is 1.62. The summed E-state index contributed by atoms with van der Waals surface area (Å²) in [6, 6.07) is 0. The molecule has 0 unspecified atom stereocenters. The first-order chi connectivity index (χ1) is 6.41. The van der Waals surface area contributed by atoms with E-state index in [0.29, 0.717) is 0 Å². The zero-order chi connectivity index (χ0) is 9.78. The van der Waals surface area contributed by atoms with Gasteiger partial charge in [-0.3, -0.25) is 0 Å². The lowest BCUT2D eigenvalue weighted by Gasteiger charge is -1.82. The second-order valence-corrected chi connectivity index (χ2v) is 2.79. The van der Waals surface area contributed by atoms with Crippen molar-refractivity contribution in [2.45, 2.75) is 33.1 Å². The van der Waals surface area contributed by atoms with Crippen molar-refractivity contribution in [3.63, 3.8) is 0 Å². The van der Waals surface area contributed by atoms with Crippen LogP contribution in [0.3, 0.4) is 0 Å². The van der Waals surface area contributed by atoms with Gasteiger partial charge >= 0.3 is 0 Å².